The summed E-state index contributed by atoms with van der Waals surface area (Å²) in [5.74, 6) is -0.748. The van der Waals surface area contributed by atoms with Crippen molar-refractivity contribution in [3.63, 3.8) is 0 Å². The molecule has 25 heavy (non-hydrogen) atoms. The Morgan fingerprint density at radius 2 is 1.88 bits per heavy atom. The number of amides is 2. The molecule has 0 unspecified atom stereocenters. The van der Waals surface area contributed by atoms with Crippen LogP contribution in [0.4, 0.5) is 10.5 Å². The molecule has 0 bridgehead atoms. The van der Waals surface area contributed by atoms with Gasteiger partial charge >= 0.3 is 12.0 Å². The van der Waals surface area contributed by atoms with E-state index in [9.17, 15) is 9.59 Å². The summed E-state index contributed by atoms with van der Waals surface area (Å²) in [7, 11) is 0. The lowest BCUT2D eigenvalue weighted by atomic mass is 10.0. The van der Waals surface area contributed by atoms with E-state index in [0.717, 1.165) is 57.5 Å². The molecular formula is C19H27N3O3. The highest BCUT2D eigenvalue weighted by atomic mass is 16.4. The fourth-order valence-corrected chi connectivity index (χ4v) is 3.61. The monoisotopic (exact) mass is 345 g/mol. The minimum Gasteiger partial charge on any atom is -0.481 e. The molecule has 0 aromatic heterocycles. The summed E-state index contributed by atoms with van der Waals surface area (Å²) in [4.78, 5) is 26.9. The number of hydrogen-bond donors (Lipinski definition) is 2. The van der Waals surface area contributed by atoms with Gasteiger partial charge in [0.05, 0.1) is 0 Å². The van der Waals surface area contributed by atoms with Crippen LogP contribution in [0.1, 0.15) is 36.8 Å². The summed E-state index contributed by atoms with van der Waals surface area (Å²) in [5, 5.41) is 12.1. The zero-order valence-electron chi connectivity index (χ0n) is 14.7. The van der Waals surface area contributed by atoms with Crippen molar-refractivity contribution in [2.45, 2.75) is 38.5 Å². The van der Waals surface area contributed by atoms with Crippen LogP contribution in [-0.2, 0) is 17.6 Å². The van der Waals surface area contributed by atoms with Crippen LogP contribution in [0.3, 0.4) is 0 Å². The van der Waals surface area contributed by atoms with E-state index in [2.05, 4.69) is 23.5 Å². The van der Waals surface area contributed by atoms with E-state index in [0.29, 0.717) is 13.0 Å². The van der Waals surface area contributed by atoms with Crippen molar-refractivity contribution in [3.8, 4) is 0 Å². The van der Waals surface area contributed by atoms with Gasteiger partial charge in [-0.1, -0.05) is 12.5 Å². The first-order valence-corrected chi connectivity index (χ1v) is 9.26. The zero-order chi connectivity index (χ0) is 17.6. The zero-order valence-corrected chi connectivity index (χ0v) is 14.7. The summed E-state index contributed by atoms with van der Waals surface area (Å²) >= 11 is 0. The number of fused-ring (bicyclic) bond motifs is 1. The number of carbonyl (C=O) groups excluding carboxylic acids is 1. The molecule has 1 fully saturated rings. The average Bonchev–Trinajstić information content (AvgIpc) is 2.81. The molecule has 0 spiro atoms. The van der Waals surface area contributed by atoms with Crippen molar-refractivity contribution >= 4 is 17.7 Å². The fourth-order valence-electron chi connectivity index (χ4n) is 3.61. The molecule has 136 valence electrons. The average molecular weight is 345 g/mol. The molecule has 2 heterocycles. The molecule has 2 N–H and O–H groups in total. The lowest BCUT2D eigenvalue weighted by Gasteiger charge is -2.20. The van der Waals surface area contributed by atoms with Crippen molar-refractivity contribution in [3.05, 3.63) is 29.3 Å². The molecule has 2 aliphatic rings. The number of carboxylic acid groups (broad SMARTS) is 1. The minimum absolute atomic E-state index is 0.0740. The summed E-state index contributed by atoms with van der Waals surface area (Å²) < 4.78 is 0. The molecule has 1 aromatic rings. The highest BCUT2D eigenvalue weighted by molar-refractivity contribution is 5.94. The normalized spacial score (nSPS) is 17.5. The predicted molar refractivity (Wildman–Crippen MR) is 97.1 cm³/mol. The number of rotatable bonds is 7. The van der Waals surface area contributed by atoms with Crippen LogP contribution in [0.15, 0.2) is 18.2 Å². The van der Waals surface area contributed by atoms with E-state index < -0.39 is 5.97 Å². The fraction of sp³-hybridized carbons (Fsp3) is 0.579. The van der Waals surface area contributed by atoms with Crippen LogP contribution in [0.25, 0.3) is 0 Å². The van der Waals surface area contributed by atoms with Crippen molar-refractivity contribution in [2.24, 2.45) is 0 Å². The number of urea groups is 1. The third-order valence-corrected chi connectivity index (χ3v) is 5.06. The second kappa shape index (κ2) is 8.34. The number of carboxylic acids is 1. The first-order valence-electron chi connectivity index (χ1n) is 9.26. The highest BCUT2D eigenvalue weighted by Gasteiger charge is 2.29. The van der Waals surface area contributed by atoms with E-state index in [-0.39, 0.29) is 12.5 Å². The number of benzene rings is 1. The molecule has 0 radical (unpaired) electrons. The maximum atomic E-state index is 12.7. The molecule has 1 aromatic carbocycles. The van der Waals surface area contributed by atoms with Gasteiger partial charge in [0.25, 0.3) is 0 Å². The second-order valence-electron chi connectivity index (χ2n) is 6.83. The van der Waals surface area contributed by atoms with Crippen LogP contribution in [0.2, 0.25) is 0 Å². The Morgan fingerprint density at radius 3 is 2.68 bits per heavy atom. The first kappa shape index (κ1) is 17.7. The number of aliphatic carboxylic acids is 1. The maximum absolute atomic E-state index is 12.7. The summed E-state index contributed by atoms with van der Waals surface area (Å²) in [6.45, 7) is 4.20. The quantitative estimate of drug-likeness (QED) is 0.744. The van der Waals surface area contributed by atoms with Gasteiger partial charge in [-0.2, -0.15) is 0 Å². The van der Waals surface area contributed by atoms with Crippen LogP contribution >= 0.6 is 0 Å². The Hall–Kier alpha value is -2.08. The molecule has 2 aliphatic heterocycles. The highest BCUT2D eigenvalue weighted by Crippen LogP contribution is 2.25. The van der Waals surface area contributed by atoms with Crippen molar-refractivity contribution in [1.29, 1.82) is 0 Å². The molecule has 6 heteroatoms. The van der Waals surface area contributed by atoms with Gasteiger partial charge in [0.1, 0.15) is 0 Å². The van der Waals surface area contributed by atoms with Crippen molar-refractivity contribution < 1.29 is 14.7 Å². The Balaban J connectivity index is 1.55. The topological polar surface area (TPSA) is 72.9 Å². The molecule has 0 saturated carbocycles. The molecule has 0 aliphatic carbocycles. The Morgan fingerprint density at radius 1 is 1.08 bits per heavy atom. The number of hydrogen-bond acceptors (Lipinski definition) is 3. The standard InChI is InChI=1S/C19H27N3O3/c23-18(24)4-2-1-3-11-21-12-13-22(19(21)25)17-6-5-15-7-9-20-10-8-16(15)14-17/h5-6,14,20H,1-4,7-13H2,(H,23,24). The van der Waals surface area contributed by atoms with Crippen LogP contribution in [0.5, 0.6) is 0 Å². The van der Waals surface area contributed by atoms with E-state index in [4.69, 9.17) is 5.11 Å². The van der Waals surface area contributed by atoms with Gasteiger partial charge in [-0.25, -0.2) is 4.79 Å². The second-order valence-corrected chi connectivity index (χ2v) is 6.83. The van der Waals surface area contributed by atoms with E-state index in [1.165, 1.54) is 11.1 Å². The largest absolute Gasteiger partial charge is 0.481 e. The summed E-state index contributed by atoms with van der Waals surface area (Å²) in [5.41, 5.74) is 3.73. The van der Waals surface area contributed by atoms with E-state index in [1.54, 1.807) is 0 Å². The maximum Gasteiger partial charge on any atom is 0.324 e. The van der Waals surface area contributed by atoms with Gasteiger partial charge in [0.2, 0.25) is 0 Å². The summed E-state index contributed by atoms with van der Waals surface area (Å²) in [6.07, 6.45) is 4.67. The van der Waals surface area contributed by atoms with Crippen molar-refractivity contribution in [1.82, 2.24) is 10.2 Å². The SMILES string of the molecule is O=C(O)CCCCCN1CCN(c2ccc3c(c2)CCNCC3)C1=O. The number of anilines is 1. The van der Waals surface area contributed by atoms with Gasteiger partial charge in [-0.3, -0.25) is 9.69 Å². The molecule has 1 saturated heterocycles. The van der Waals surface area contributed by atoms with Gasteiger partial charge in [-0.15, -0.1) is 0 Å². The van der Waals surface area contributed by atoms with Crippen LogP contribution < -0.4 is 10.2 Å². The van der Waals surface area contributed by atoms with Gasteiger partial charge in [-0.05, 0) is 62.0 Å². The minimum atomic E-state index is -0.748. The Bertz CT molecular complexity index is 632. The lowest BCUT2D eigenvalue weighted by molar-refractivity contribution is -0.137. The molecular weight excluding hydrogens is 318 g/mol. The molecule has 2 amide bonds. The summed E-state index contributed by atoms with van der Waals surface area (Å²) in [6, 6.07) is 6.49. The smallest absolute Gasteiger partial charge is 0.324 e. The molecule has 6 nitrogen and oxygen atoms in total. The number of unbranched alkanes of at least 4 members (excludes halogenated alkanes) is 2. The molecule has 3 rings (SSSR count). The van der Waals surface area contributed by atoms with Crippen LogP contribution in [-0.4, -0.2) is 54.7 Å². The third kappa shape index (κ3) is 4.51. The van der Waals surface area contributed by atoms with Crippen molar-refractivity contribution in [2.75, 3.05) is 37.6 Å². The van der Waals surface area contributed by atoms with Gasteiger partial charge in [0.15, 0.2) is 0 Å². The van der Waals surface area contributed by atoms with Gasteiger partial charge < -0.3 is 15.3 Å². The Labute approximate surface area is 148 Å². The number of carbonyl (C=O) groups is 2. The lowest BCUT2D eigenvalue weighted by Crippen LogP contribution is -2.32. The first-order chi connectivity index (χ1) is 12.1. The number of nitrogens with zero attached hydrogens (tertiary/aromatic N) is 2. The predicted octanol–water partition coefficient (Wildman–Crippen LogP) is 2.26. The third-order valence-electron chi connectivity index (χ3n) is 5.06. The van der Waals surface area contributed by atoms with E-state index in [1.807, 2.05) is 9.80 Å². The molecule has 0 atom stereocenters. The Kier molecular flexibility index (Phi) is 5.91. The van der Waals surface area contributed by atoms with Crippen LogP contribution in [0, 0.1) is 0 Å². The van der Waals surface area contributed by atoms with E-state index >= 15 is 0 Å². The van der Waals surface area contributed by atoms with Gasteiger partial charge in [0, 0.05) is 31.7 Å². The number of nitrogens with one attached hydrogen (secondary N) is 1.